The molecule has 9 N–H and O–H groups in total. The zero-order valence-electron chi connectivity index (χ0n) is 69.2. The summed E-state index contributed by atoms with van der Waals surface area (Å²) in [7, 11) is 0. The summed E-state index contributed by atoms with van der Waals surface area (Å²) in [5.41, 5.74) is -0.728. The van der Waals surface area contributed by atoms with E-state index in [1.807, 2.05) is 20.8 Å². The molecule has 16 rings (SSSR count). The minimum atomic E-state index is -1.02. The normalized spacial score (nSPS) is 52.9. The van der Waals surface area contributed by atoms with Crippen LogP contribution in [0.4, 0.5) is 0 Å². The Morgan fingerprint density at radius 1 is 0.391 bits per heavy atom. The molecule has 6 saturated heterocycles. The number of hydrogen-bond acceptors (Lipinski definition) is 29. The topological polar surface area (TPSA) is 398 Å². The molecular formula is C86H132O29. The third kappa shape index (κ3) is 16.3. The molecular weight excluding hydrogens is 1500 g/mol. The first-order chi connectivity index (χ1) is 54.4. The largest absolute Gasteiger partial charge is 0.459 e. The SMILES string of the molecule is CC(=O)O[C@H]1C[C@H](O[C@H]2[C@@H](O)C[C@H](O[C@H]3[C@@H](O)C[C@H](O[C@H]4CC[C@@]5(C)[C@H](CC[C@@H]6[C@@H]5CC[C@]5(C)[C@@H](C7=CC(=O)OC7)CC[C@]65O)C4)O[C@@H]3C)O[C@@H]2C)O[C@H](C)[C@H]1O.CC(=O)O[C@H]1C[C@H](O[C@H]2[C@@H](O)C[C@H](O[C@H]3[C@@H](O)C[C@H](O[C@H]4CC[C@@]5(C)[C@H](CC[C@@H]6[C@@H]5C[C@@H](O)[C@]5(C)[C@@H](C7=CC(=O)OC7)CC[C@]65O)C4)O[C@@H]3C)O[C@@H]2C)O[C@H](C)[C@H]1O. The second kappa shape index (κ2) is 33.6. The molecule has 650 valence electrons. The predicted octanol–water partition coefficient (Wildman–Crippen LogP) is 6.61. The van der Waals surface area contributed by atoms with Crippen LogP contribution in [0.5, 0.6) is 0 Å². The van der Waals surface area contributed by atoms with Gasteiger partial charge in [-0.25, -0.2) is 9.59 Å². The highest BCUT2D eigenvalue weighted by atomic mass is 16.8. The van der Waals surface area contributed by atoms with Crippen molar-refractivity contribution in [3.05, 3.63) is 23.3 Å². The average molecular weight is 1630 g/mol. The van der Waals surface area contributed by atoms with Crippen LogP contribution in [0, 0.1) is 69.0 Å². The lowest BCUT2D eigenvalue weighted by atomic mass is 9.42. The zero-order valence-corrected chi connectivity index (χ0v) is 69.2. The van der Waals surface area contributed by atoms with Crippen LogP contribution >= 0.6 is 0 Å². The lowest BCUT2D eigenvalue weighted by Gasteiger charge is -2.65. The molecule has 0 aromatic rings. The van der Waals surface area contributed by atoms with Gasteiger partial charge < -0.3 is 122 Å². The van der Waals surface area contributed by atoms with E-state index in [1.165, 1.54) is 13.8 Å². The highest BCUT2D eigenvalue weighted by Crippen LogP contribution is 2.72. The van der Waals surface area contributed by atoms with Crippen molar-refractivity contribution in [2.75, 3.05) is 13.2 Å². The first-order valence-electron chi connectivity index (χ1n) is 43.6. The Bertz CT molecular complexity index is 3480. The number of aliphatic hydroxyl groups is 9. The number of hydrogen-bond donors (Lipinski definition) is 9. The van der Waals surface area contributed by atoms with E-state index in [4.69, 9.17) is 75.8 Å². The Morgan fingerprint density at radius 3 is 1.16 bits per heavy atom. The smallest absolute Gasteiger partial charge is 0.331 e. The Hall–Kier alpha value is -3.48. The summed E-state index contributed by atoms with van der Waals surface area (Å²) in [6, 6.07) is 0. The summed E-state index contributed by atoms with van der Waals surface area (Å²) in [4.78, 5) is 47.0. The monoisotopic (exact) mass is 1630 g/mol. The number of ether oxygens (including phenoxy) is 16. The van der Waals surface area contributed by atoms with Crippen molar-refractivity contribution in [3.63, 3.8) is 0 Å². The molecule has 0 radical (unpaired) electrons. The number of cyclic esters (lactones) is 2. The maximum atomic E-state index is 12.6. The second-order valence-electron chi connectivity index (χ2n) is 38.7. The highest BCUT2D eigenvalue weighted by Gasteiger charge is 2.72. The van der Waals surface area contributed by atoms with Gasteiger partial charge in [0.25, 0.3) is 0 Å². The quantitative estimate of drug-likeness (QED) is 0.0446. The van der Waals surface area contributed by atoms with E-state index in [9.17, 15) is 65.1 Å². The summed E-state index contributed by atoms with van der Waals surface area (Å²) >= 11 is 0. The van der Waals surface area contributed by atoms with Gasteiger partial charge in [0.1, 0.15) is 62.0 Å². The van der Waals surface area contributed by atoms with Gasteiger partial charge >= 0.3 is 23.9 Å². The third-order valence-corrected chi connectivity index (χ3v) is 32.4. The van der Waals surface area contributed by atoms with Gasteiger partial charge in [0.05, 0.1) is 90.6 Å². The summed E-state index contributed by atoms with van der Waals surface area (Å²) in [6.07, 6.45) is 0.103. The molecule has 0 unspecified atom stereocenters. The minimum absolute atomic E-state index is 0.0134. The van der Waals surface area contributed by atoms with Gasteiger partial charge in [0.15, 0.2) is 37.7 Å². The predicted molar refractivity (Wildman–Crippen MR) is 403 cm³/mol. The van der Waals surface area contributed by atoms with Crippen LogP contribution in [0.3, 0.4) is 0 Å². The molecule has 14 fully saturated rings. The summed E-state index contributed by atoms with van der Waals surface area (Å²) in [5.74, 6) is 0.246. The molecule has 0 aromatic heterocycles. The number of rotatable bonds is 16. The highest BCUT2D eigenvalue weighted by molar-refractivity contribution is 5.86. The molecule has 0 bridgehead atoms. The summed E-state index contributed by atoms with van der Waals surface area (Å²) in [5, 5.41) is 103. The van der Waals surface area contributed by atoms with Gasteiger partial charge in [-0.2, -0.15) is 0 Å². The van der Waals surface area contributed by atoms with Gasteiger partial charge in [0.2, 0.25) is 0 Å². The number of aliphatic hydroxyl groups excluding tert-OH is 7. The first kappa shape index (κ1) is 86.5. The summed E-state index contributed by atoms with van der Waals surface area (Å²) < 4.78 is 95.5. The van der Waals surface area contributed by atoms with E-state index in [0.717, 1.165) is 107 Å². The Labute approximate surface area is 675 Å². The molecule has 8 heterocycles. The van der Waals surface area contributed by atoms with E-state index in [0.29, 0.717) is 37.2 Å². The second-order valence-corrected chi connectivity index (χ2v) is 38.7. The average Bonchev–Trinajstić information content (AvgIpc) is 1.61. The molecule has 8 saturated carbocycles. The van der Waals surface area contributed by atoms with Crippen molar-refractivity contribution in [3.8, 4) is 0 Å². The van der Waals surface area contributed by atoms with E-state index in [-0.39, 0.29) is 115 Å². The van der Waals surface area contributed by atoms with Crippen LogP contribution < -0.4 is 0 Å². The molecule has 41 atom stereocenters. The third-order valence-electron chi connectivity index (χ3n) is 32.4. The van der Waals surface area contributed by atoms with Crippen molar-refractivity contribution in [2.24, 2.45) is 69.0 Å². The van der Waals surface area contributed by atoms with E-state index < -0.39 is 182 Å². The zero-order chi connectivity index (χ0) is 82.1. The fourth-order valence-corrected chi connectivity index (χ4v) is 26.2. The molecule has 0 amide bonds. The molecule has 16 aliphatic rings. The molecule has 0 spiro atoms. The van der Waals surface area contributed by atoms with Crippen molar-refractivity contribution in [1.29, 1.82) is 0 Å². The van der Waals surface area contributed by atoms with E-state index in [1.54, 1.807) is 39.8 Å². The lowest BCUT2D eigenvalue weighted by Crippen LogP contribution is -2.67. The first-order valence-corrected chi connectivity index (χ1v) is 43.6. The Balaban J connectivity index is 0.000000181. The van der Waals surface area contributed by atoms with E-state index >= 15 is 0 Å². The molecule has 29 nitrogen and oxygen atoms in total. The lowest BCUT2D eigenvalue weighted by molar-refractivity contribution is -0.336. The van der Waals surface area contributed by atoms with Crippen molar-refractivity contribution >= 4 is 23.9 Å². The number of esters is 4. The Morgan fingerprint density at radius 2 is 0.757 bits per heavy atom. The van der Waals surface area contributed by atoms with Gasteiger partial charge in [-0.3, -0.25) is 9.59 Å². The number of carbonyl (C=O) groups excluding carboxylic acids is 4. The molecule has 115 heavy (non-hydrogen) atoms. The van der Waals surface area contributed by atoms with Crippen LogP contribution in [0.1, 0.15) is 231 Å². The molecule has 29 heteroatoms. The number of fused-ring (bicyclic) bond motifs is 10. The van der Waals surface area contributed by atoms with Crippen LogP contribution in [-0.2, 0) is 95.0 Å². The van der Waals surface area contributed by atoms with Crippen molar-refractivity contribution < 1.29 is 141 Å². The van der Waals surface area contributed by atoms with Crippen LogP contribution in [0.25, 0.3) is 0 Å². The Kier molecular flexibility index (Phi) is 25.3. The fraction of sp³-hybridized carbons (Fsp3) is 0.907. The fourth-order valence-electron chi connectivity index (χ4n) is 26.2. The van der Waals surface area contributed by atoms with Gasteiger partial charge in [0, 0.05) is 75.4 Å². The van der Waals surface area contributed by atoms with Gasteiger partial charge in [-0.15, -0.1) is 0 Å². The van der Waals surface area contributed by atoms with Gasteiger partial charge in [-0.05, 0) is 220 Å². The molecule has 8 aliphatic heterocycles. The van der Waals surface area contributed by atoms with Crippen molar-refractivity contribution in [2.45, 2.75) is 408 Å². The molecule has 8 aliphatic carbocycles. The standard InChI is InChI=1S/C43H66O15.C43H66O14/c1-20-38(49)32(55-23(4)44)18-37(52-20)58-40-22(3)54-36(17-31(40)46)57-39-21(2)53-35(16-30(39)45)56-26-9-11-41(5)25(14-26)7-8-28-29(41)15-33(47)42(6)27(10-12-43(28,42)50)24-13-34(48)51-19-24;1-21-38(48)33(54-24(4)44)19-37(51-21)57-40-23(3)53-36(18-32(40)46)56-39-22(2)52-35(17-31(39)45)55-27-9-12-41(5)26(16-27)7-8-30-29(41)10-13-42(6)28(11-14-43(30,42)49)25-15-34(47)50-20-25/h13,20-22,25-33,35-40,45-47,49-50H,7-12,14-19H2,1-6H3;15,21-23,26-33,35-40,45-46,48-49H,7-14,16-20H2,1-6H3/t20-,21-,22-,25-,26+,27-,28-,29+,30+,31+,32+,33-,35+,36+,37+,38-,39-,40-,41+,42+,43+;21-,22-,23-,26-,27+,28-,29+,30-,31+,32+,33+,35+,36+,37+,38-,39-,40-,41+,42-,43+/m11/s1. The maximum Gasteiger partial charge on any atom is 0.331 e. The van der Waals surface area contributed by atoms with E-state index in [2.05, 4.69) is 20.8 Å². The van der Waals surface area contributed by atoms with Crippen LogP contribution in [0.15, 0.2) is 23.3 Å². The summed E-state index contributed by atoms with van der Waals surface area (Å²) in [6.45, 7) is 22.8. The maximum absolute atomic E-state index is 12.6. The van der Waals surface area contributed by atoms with Gasteiger partial charge in [-0.1, -0.05) is 27.7 Å². The van der Waals surface area contributed by atoms with Crippen LogP contribution in [0.2, 0.25) is 0 Å². The minimum Gasteiger partial charge on any atom is -0.459 e. The number of carbonyl (C=O) groups is 4. The van der Waals surface area contributed by atoms with Crippen LogP contribution in [-0.4, -0.2) is 260 Å². The molecule has 0 aromatic carbocycles. The van der Waals surface area contributed by atoms with Crippen molar-refractivity contribution in [1.82, 2.24) is 0 Å².